The Hall–Kier alpha value is -2.16. The predicted octanol–water partition coefficient (Wildman–Crippen LogP) is 0.828. The van der Waals surface area contributed by atoms with E-state index in [4.69, 9.17) is 4.84 Å². The standard InChI is InChI=1S/C12H8N2O/c1-3-8-7-10-9-4-2-6-14(15-10)12(9)11(8)13-5-1/h1-7,13H. The highest BCUT2D eigenvalue weighted by molar-refractivity contribution is 5.82. The number of hydrogen-bond acceptors (Lipinski definition) is 3. The molecule has 1 aromatic rings. The number of nitrogens with zero attached hydrogens (tertiary/aromatic N) is 1. The Morgan fingerprint density at radius 3 is 3.20 bits per heavy atom. The van der Waals surface area contributed by atoms with Gasteiger partial charge in [-0.05, 0) is 24.3 Å². The Morgan fingerprint density at radius 2 is 2.20 bits per heavy atom. The summed E-state index contributed by atoms with van der Waals surface area (Å²) in [5.41, 5.74) is 2.24. The molecule has 72 valence electrons. The fourth-order valence-corrected chi connectivity index (χ4v) is 2.19. The largest absolute Gasteiger partial charge is 0.374 e. The van der Waals surface area contributed by atoms with Crippen LogP contribution >= 0.6 is 0 Å². The zero-order chi connectivity index (χ0) is 9.83. The first-order valence-electron chi connectivity index (χ1n) is 4.90. The zero-order valence-electron chi connectivity index (χ0n) is 7.90. The number of fused-ring (bicyclic) bond motifs is 1. The molecule has 3 heteroatoms. The van der Waals surface area contributed by atoms with Crippen molar-refractivity contribution in [3.8, 4) is 5.75 Å². The lowest BCUT2D eigenvalue weighted by molar-refractivity contribution is 0.337. The van der Waals surface area contributed by atoms with Gasteiger partial charge in [0.2, 0.25) is 0 Å². The Morgan fingerprint density at radius 1 is 1.20 bits per heavy atom. The summed E-state index contributed by atoms with van der Waals surface area (Å²) in [7, 11) is 0. The number of hydrogen-bond donors (Lipinski definition) is 1. The van der Waals surface area contributed by atoms with Crippen molar-refractivity contribution in [2.45, 2.75) is 0 Å². The third kappa shape index (κ3) is 0.760. The van der Waals surface area contributed by atoms with E-state index in [1.54, 1.807) is 0 Å². The van der Waals surface area contributed by atoms with Crippen LogP contribution in [0.5, 0.6) is 5.75 Å². The van der Waals surface area contributed by atoms with Crippen LogP contribution in [-0.4, -0.2) is 0 Å². The van der Waals surface area contributed by atoms with Gasteiger partial charge in [-0.15, -0.1) is 0 Å². The molecule has 4 rings (SSSR count). The quantitative estimate of drug-likeness (QED) is 0.665. The lowest BCUT2D eigenvalue weighted by Crippen LogP contribution is -2.22. The number of hydroxylamine groups is 1. The first-order valence-corrected chi connectivity index (χ1v) is 4.90. The van der Waals surface area contributed by atoms with E-state index >= 15 is 0 Å². The molecule has 15 heavy (non-hydrogen) atoms. The van der Waals surface area contributed by atoms with Crippen LogP contribution in [0, 0.1) is 0 Å². The topological polar surface area (TPSA) is 24.5 Å². The summed E-state index contributed by atoms with van der Waals surface area (Å²) in [4.78, 5) is 5.67. The van der Waals surface area contributed by atoms with Crippen molar-refractivity contribution < 1.29 is 4.84 Å². The Bertz CT molecular complexity index is 641. The molecule has 0 saturated carbocycles. The van der Waals surface area contributed by atoms with E-state index in [1.807, 2.05) is 29.6 Å². The maximum Gasteiger partial charge on any atom is 0.166 e. The number of nitrogens with one attached hydrogen (secondary N) is 1. The normalized spacial score (nSPS) is 17.5. The summed E-state index contributed by atoms with van der Waals surface area (Å²) in [6.07, 6.45) is 12.0. The second-order valence-electron chi connectivity index (χ2n) is 3.70. The van der Waals surface area contributed by atoms with Crippen LogP contribution in [-0.2, 0) is 0 Å². The van der Waals surface area contributed by atoms with E-state index in [-0.39, 0.29) is 0 Å². The fourth-order valence-electron chi connectivity index (χ4n) is 2.19. The minimum atomic E-state index is 0.933. The average Bonchev–Trinajstić information content (AvgIpc) is 2.46. The molecule has 4 bridgehead atoms. The molecule has 3 aliphatic heterocycles. The van der Waals surface area contributed by atoms with Gasteiger partial charge in [-0.25, -0.2) is 0 Å². The summed E-state index contributed by atoms with van der Waals surface area (Å²) >= 11 is 0. The molecule has 0 fully saturated rings. The van der Waals surface area contributed by atoms with Gasteiger partial charge in [0.15, 0.2) is 5.75 Å². The number of rotatable bonds is 0. The van der Waals surface area contributed by atoms with Gasteiger partial charge in [-0.1, -0.05) is 6.08 Å². The Balaban J connectivity index is 2.22. The highest BCUT2D eigenvalue weighted by atomic mass is 16.7. The van der Waals surface area contributed by atoms with Crippen LogP contribution < -0.4 is 25.7 Å². The Labute approximate surface area is 86.2 Å². The number of allylic oxidation sites excluding steroid dienone is 2. The van der Waals surface area contributed by atoms with Crippen molar-refractivity contribution in [2.75, 3.05) is 10.4 Å². The summed E-state index contributed by atoms with van der Waals surface area (Å²) in [6.45, 7) is 0. The van der Waals surface area contributed by atoms with Gasteiger partial charge in [0.25, 0.3) is 0 Å². The van der Waals surface area contributed by atoms with E-state index in [9.17, 15) is 0 Å². The summed E-state index contributed by atoms with van der Waals surface area (Å²) in [5.74, 6) is 0.933. The van der Waals surface area contributed by atoms with Gasteiger partial charge < -0.3 is 10.2 Å². The predicted molar refractivity (Wildman–Crippen MR) is 59.6 cm³/mol. The van der Waals surface area contributed by atoms with Crippen LogP contribution in [0.1, 0.15) is 0 Å². The van der Waals surface area contributed by atoms with Gasteiger partial charge >= 0.3 is 0 Å². The second-order valence-corrected chi connectivity index (χ2v) is 3.70. The zero-order valence-corrected chi connectivity index (χ0v) is 7.90. The van der Waals surface area contributed by atoms with Gasteiger partial charge in [0.05, 0.1) is 5.69 Å². The first-order chi connectivity index (χ1) is 7.43. The second kappa shape index (κ2) is 2.25. The number of anilines is 2. The summed E-state index contributed by atoms with van der Waals surface area (Å²) in [5, 5.41) is 7.41. The molecule has 3 aliphatic rings. The molecule has 1 aromatic carbocycles. The third-order valence-electron chi connectivity index (χ3n) is 2.83. The van der Waals surface area contributed by atoms with Crippen molar-refractivity contribution in [2.24, 2.45) is 0 Å². The van der Waals surface area contributed by atoms with Crippen molar-refractivity contribution in [1.82, 2.24) is 0 Å². The molecular formula is C12H8N2O. The molecular weight excluding hydrogens is 188 g/mol. The van der Waals surface area contributed by atoms with Crippen LogP contribution in [0.3, 0.4) is 0 Å². The van der Waals surface area contributed by atoms with Crippen LogP contribution in [0.4, 0.5) is 11.4 Å². The van der Waals surface area contributed by atoms with Crippen molar-refractivity contribution in [1.29, 1.82) is 0 Å². The van der Waals surface area contributed by atoms with Gasteiger partial charge in [0, 0.05) is 22.8 Å². The molecule has 0 radical (unpaired) electrons. The van der Waals surface area contributed by atoms with Gasteiger partial charge in [-0.2, -0.15) is 5.06 Å². The van der Waals surface area contributed by atoms with Crippen molar-refractivity contribution in [3.05, 3.63) is 41.1 Å². The molecule has 0 unspecified atom stereocenters. The van der Waals surface area contributed by atoms with Crippen molar-refractivity contribution in [3.63, 3.8) is 0 Å². The summed E-state index contributed by atoms with van der Waals surface area (Å²) < 4.78 is 0. The highest BCUT2D eigenvalue weighted by Gasteiger charge is 2.26. The third-order valence-corrected chi connectivity index (χ3v) is 2.83. The van der Waals surface area contributed by atoms with Gasteiger partial charge in [-0.3, -0.25) is 0 Å². The maximum atomic E-state index is 5.67. The molecule has 3 nitrogen and oxygen atoms in total. The molecule has 0 amide bonds. The minimum absolute atomic E-state index is 0.933. The van der Waals surface area contributed by atoms with E-state index in [2.05, 4.69) is 23.5 Å². The van der Waals surface area contributed by atoms with E-state index in [1.165, 1.54) is 5.22 Å². The SMILES string of the molecule is C1=CNc2c3c4c(cc2=C1)ON3C=CC=4. The molecule has 0 saturated heterocycles. The summed E-state index contributed by atoms with van der Waals surface area (Å²) in [6, 6.07) is 2.06. The Kier molecular flexibility index (Phi) is 1.08. The maximum absolute atomic E-state index is 5.67. The van der Waals surface area contributed by atoms with Crippen LogP contribution in [0.25, 0.3) is 12.2 Å². The van der Waals surface area contributed by atoms with E-state index < -0.39 is 0 Å². The minimum Gasteiger partial charge on any atom is -0.374 e. The molecule has 1 N–H and O–H groups in total. The number of benzene rings is 1. The van der Waals surface area contributed by atoms with Crippen molar-refractivity contribution >= 4 is 23.5 Å². The van der Waals surface area contributed by atoms with Crippen LogP contribution in [0.2, 0.25) is 0 Å². The molecule has 0 atom stereocenters. The monoisotopic (exact) mass is 196 g/mol. The molecule has 0 aromatic heterocycles. The molecule has 3 heterocycles. The fraction of sp³-hybridized carbons (Fsp3) is 0. The average molecular weight is 196 g/mol. The lowest BCUT2D eigenvalue weighted by Gasteiger charge is -2.16. The van der Waals surface area contributed by atoms with E-state index in [0.29, 0.717) is 0 Å². The smallest absolute Gasteiger partial charge is 0.166 e. The van der Waals surface area contributed by atoms with Gasteiger partial charge in [0.1, 0.15) is 5.69 Å². The molecule has 0 aliphatic carbocycles. The van der Waals surface area contributed by atoms with E-state index in [0.717, 1.165) is 22.3 Å². The van der Waals surface area contributed by atoms with Crippen LogP contribution in [0.15, 0.2) is 30.6 Å². The lowest BCUT2D eigenvalue weighted by atomic mass is 10.1. The first kappa shape index (κ1) is 7.17. The highest BCUT2D eigenvalue weighted by Crippen LogP contribution is 2.31. The molecule has 0 spiro atoms.